The van der Waals surface area contributed by atoms with Crippen molar-refractivity contribution in [3.63, 3.8) is 0 Å². The number of anilines is 1. The van der Waals surface area contributed by atoms with Crippen LogP contribution in [0.15, 0.2) is 41.3 Å². The third kappa shape index (κ3) is 6.34. The number of fused-ring (bicyclic) bond motifs is 1. The van der Waals surface area contributed by atoms with Crippen LogP contribution in [0.2, 0.25) is 0 Å². The molecule has 4 unspecified atom stereocenters. The number of carbonyl (C=O) groups excluding carboxylic acids is 1. The lowest BCUT2D eigenvalue weighted by Crippen LogP contribution is -2.43. The number of rotatable bonds is 13. The van der Waals surface area contributed by atoms with Gasteiger partial charge in [0, 0.05) is 49.6 Å². The van der Waals surface area contributed by atoms with Crippen molar-refractivity contribution < 1.29 is 28.5 Å². The fraction of sp³-hybridized carbons (Fsp3) is 0.560. The molecule has 1 heterocycles. The van der Waals surface area contributed by atoms with Crippen LogP contribution in [-0.2, 0) is 14.8 Å². The molecule has 0 saturated carbocycles. The van der Waals surface area contributed by atoms with Gasteiger partial charge in [-0.3, -0.25) is 9.69 Å². The van der Waals surface area contributed by atoms with Crippen molar-refractivity contribution in [3.8, 4) is 0 Å². The summed E-state index contributed by atoms with van der Waals surface area (Å²) in [6, 6.07) is 9.62. The average molecular weight is 523 g/mol. The molecule has 0 bridgehead atoms. The Morgan fingerprint density at radius 3 is 2.28 bits per heavy atom. The van der Waals surface area contributed by atoms with Crippen molar-refractivity contribution in [2.45, 2.75) is 61.3 Å². The molecule has 0 radical (unpaired) electrons. The summed E-state index contributed by atoms with van der Waals surface area (Å²) in [7, 11) is 0.161. The maximum atomic E-state index is 13.0. The van der Waals surface area contributed by atoms with Crippen LogP contribution in [0.25, 0.3) is 10.8 Å². The van der Waals surface area contributed by atoms with Crippen LogP contribution in [0.1, 0.15) is 32.1 Å². The Bertz CT molecular complexity index is 1140. The second-order valence-electron chi connectivity index (χ2n) is 9.54. The molecule has 1 aliphatic heterocycles. The number of benzene rings is 2. The highest BCUT2D eigenvalue weighted by atomic mass is 32.2. The number of unbranched alkanes of at least 4 members (excludes halogenated alkanes) is 3. The molecule has 1 amide bonds. The molecule has 1 aliphatic rings. The summed E-state index contributed by atoms with van der Waals surface area (Å²) < 4.78 is 28.7. The molecular weight excluding hydrogens is 484 g/mol. The van der Waals surface area contributed by atoms with E-state index in [4.69, 9.17) is 5.73 Å². The molecule has 2 aromatic rings. The minimum atomic E-state index is -3.68. The van der Waals surface area contributed by atoms with Crippen LogP contribution < -0.4 is 15.4 Å². The maximum absolute atomic E-state index is 13.0. The van der Waals surface area contributed by atoms with Gasteiger partial charge in [0.25, 0.3) is 0 Å². The largest absolute Gasteiger partial charge is 0.395 e. The van der Waals surface area contributed by atoms with Gasteiger partial charge in [0.15, 0.2) is 0 Å². The molecule has 1 saturated heterocycles. The summed E-state index contributed by atoms with van der Waals surface area (Å²) in [5.41, 5.74) is 6.24. The van der Waals surface area contributed by atoms with Crippen molar-refractivity contribution >= 4 is 32.4 Å². The van der Waals surface area contributed by atoms with Gasteiger partial charge in [-0.05, 0) is 31.5 Å². The Morgan fingerprint density at radius 2 is 1.64 bits per heavy atom. The number of carbonyl (C=O) groups is 1. The van der Waals surface area contributed by atoms with Crippen LogP contribution in [0.5, 0.6) is 0 Å². The Balaban J connectivity index is 1.51. The molecular formula is C25H38N4O6S. The van der Waals surface area contributed by atoms with Crippen LogP contribution in [0, 0.1) is 0 Å². The number of hydrogen-bond donors (Lipinski definition) is 5. The van der Waals surface area contributed by atoms with E-state index < -0.39 is 40.2 Å². The maximum Gasteiger partial charge on any atom is 0.241 e. The van der Waals surface area contributed by atoms with Crippen molar-refractivity contribution in [3.05, 3.63) is 36.4 Å². The second-order valence-corrected chi connectivity index (χ2v) is 11.3. The van der Waals surface area contributed by atoms with E-state index in [0.29, 0.717) is 31.3 Å². The highest BCUT2D eigenvalue weighted by molar-refractivity contribution is 7.89. The predicted molar refractivity (Wildman–Crippen MR) is 139 cm³/mol. The summed E-state index contributed by atoms with van der Waals surface area (Å²) >= 11 is 0. The molecule has 6 N–H and O–H groups in total. The third-order valence-corrected chi connectivity index (χ3v) is 8.37. The molecule has 11 heteroatoms. The lowest BCUT2D eigenvalue weighted by atomic mass is 10.1. The predicted octanol–water partition coefficient (Wildman–Crippen LogP) is 0.387. The molecule has 10 nitrogen and oxygen atoms in total. The van der Waals surface area contributed by atoms with Crippen LogP contribution in [0.4, 0.5) is 5.69 Å². The fourth-order valence-electron chi connectivity index (χ4n) is 5.02. The van der Waals surface area contributed by atoms with E-state index in [-0.39, 0.29) is 17.9 Å². The molecule has 0 spiro atoms. The Hall–Kier alpha value is -2.28. The second kappa shape index (κ2) is 12.3. The summed E-state index contributed by atoms with van der Waals surface area (Å²) in [4.78, 5) is 15.3. The van der Waals surface area contributed by atoms with Crippen molar-refractivity contribution in [1.82, 2.24) is 9.62 Å². The van der Waals surface area contributed by atoms with E-state index in [2.05, 4.69) is 4.72 Å². The first-order valence-corrected chi connectivity index (χ1v) is 13.8. The zero-order valence-corrected chi connectivity index (χ0v) is 21.7. The van der Waals surface area contributed by atoms with Gasteiger partial charge >= 0.3 is 0 Å². The smallest absolute Gasteiger partial charge is 0.241 e. The van der Waals surface area contributed by atoms with Crippen LogP contribution in [0.3, 0.4) is 0 Å². The number of amides is 1. The number of hydrogen-bond acceptors (Lipinski definition) is 8. The van der Waals surface area contributed by atoms with Gasteiger partial charge in [-0.25, -0.2) is 13.1 Å². The molecule has 3 rings (SSSR count). The Morgan fingerprint density at radius 1 is 1.00 bits per heavy atom. The molecule has 1 fully saturated rings. The van der Waals surface area contributed by atoms with Gasteiger partial charge in [-0.2, -0.15) is 0 Å². The average Bonchev–Trinajstić information content (AvgIpc) is 3.05. The first kappa shape index (κ1) is 28.3. The SMILES string of the molecule is CN(C)c1ccc(S(=O)(=O)NCCCCCCN2C(CO)C(O)C(O)C2CC(N)=O)c2ccccc12. The van der Waals surface area contributed by atoms with Gasteiger partial charge in [0.2, 0.25) is 15.9 Å². The normalized spacial score (nSPS) is 22.8. The van der Waals surface area contributed by atoms with Crippen molar-refractivity contribution in [1.29, 1.82) is 0 Å². The first-order chi connectivity index (χ1) is 17.1. The lowest BCUT2D eigenvalue weighted by molar-refractivity contribution is -0.120. The fourth-order valence-corrected chi connectivity index (χ4v) is 6.30. The number of nitrogens with one attached hydrogen (secondary N) is 1. The Labute approximate surface area is 212 Å². The van der Waals surface area contributed by atoms with E-state index in [1.54, 1.807) is 11.0 Å². The number of primary amides is 1. The van der Waals surface area contributed by atoms with Crippen molar-refractivity contribution in [2.24, 2.45) is 5.73 Å². The summed E-state index contributed by atoms with van der Waals surface area (Å²) in [6.45, 7) is 0.448. The summed E-state index contributed by atoms with van der Waals surface area (Å²) in [5, 5.41) is 31.6. The molecule has 2 aromatic carbocycles. The van der Waals surface area contributed by atoms with Gasteiger partial charge in [-0.15, -0.1) is 0 Å². The quantitative estimate of drug-likeness (QED) is 0.237. The van der Waals surface area contributed by atoms with E-state index in [9.17, 15) is 28.5 Å². The summed E-state index contributed by atoms with van der Waals surface area (Å²) in [6.07, 6.45) is 0.517. The minimum Gasteiger partial charge on any atom is -0.395 e. The first-order valence-electron chi connectivity index (χ1n) is 12.3. The number of likely N-dealkylation sites (tertiary alicyclic amines) is 1. The standard InChI is InChI=1S/C25H38N4O6S/c1-28(2)19-11-12-22(18-10-6-5-9-17(18)19)36(34,35)27-13-7-3-4-8-14-29-20(15-23(26)31)24(32)25(33)21(29)16-30/h5-6,9-12,20-21,24-25,27,30,32-33H,3-4,7-8,13-16H2,1-2H3,(H2,26,31). The van der Waals surface area contributed by atoms with Gasteiger partial charge in [0.1, 0.15) is 0 Å². The van der Waals surface area contributed by atoms with Gasteiger partial charge in [-0.1, -0.05) is 37.1 Å². The monoisotopic (exact) mass is 522 g/mol. The highest BCUT2D eigenvalue weighted by Gasteiger charge is 2.47. The van der Waals surface area contributed by atoms with Gasteiger partial charge in [0.05, 0.1) is 29.8 Å². The number of aliphatic hydroxyl groups excluding tert-OH is 3. The minimum absolute atomic E-state index is 0.0965. The topological polar surface area (TPSA) is 156 Å². The van der Waals surface area contributed by atoms with E-state index >= 15 is 0 Å². The lowest BCUT2D eigenvalue weighted by Gasteiger charge is -2.29. The number of nitrogens with zero attached hydrogens (tertiary/aromatic N) is 2. The van der Waals surface area contributed by atoms with E-state index in [0.717, 1.165) is 23.9 Å². The molecule has 0 aromatic heterocycles. The van der Waals surface area contributed by atoms with Gasteiger partial charge < -0.3 is 26.0 Å². The highest BCUT2D eigenvalue weighted by Crippen LogP contribution is 2.31. The molecule has 36 heavy (non-hydrogen) atoms. The van der Waals surface area contributed by atoms with E-state index in [1.807, 2.05) is 49.3 Å². The number of aliphatic hydroxyl groups is 3. The Kier molecular flexibility index (Phi) is 9.67. The number of nitrogens with two attached hydrogens (primary N) is 1. The van der Waals surface area contributed by atoms with Crippen LogP contribution in [-0.4, -0.2) is 92.6 Å². The number of sulfonamides is 1. The van der Waals surface area contributed by atoms with Crippen molar-refractivity contribution in [2.75, 3.05) is 38.7 Å². The zero-order valence-electron chi connectivity index (χ0n) is 20.9. The summed E-state index contributed by atoms with van der Waals surface area (Å²) in [5.74, 6) is -0.578. The molecule has 0 aliphatic carbocycles. The molecule has 200 valence electrons. The zero-order chi connectivity index (χ0) is 26.5. The van der Waals surface area contributed by atoms with E-state index in [1.165, 1.54) is 0 Å². The molecule has 4 atom stereocenters. The van der Waals surface area contributed by atoms with Crippen LogP contribution >= 0.6 is 0 Å². The third-order valence-electron chi connectivity index (χ3n) is 6.86.